The highest BCUT2D eigenvalue weighted by Gasteiger charge is 2.44. The smallest absolute Gasteiger partial charge is 0.0634 e. The van der Waals surface area contributed by atoms with Crippen molar-refractivity contribution in [3.8, 4) is 0 Å². The Morgan fingerprint density at radius 3 is 2.44 bits per heavy atom. The van der Waals surface area contributed by atoms with Gasteiger partial charge in [-0.2, -0.15) is 5.10 Å². The van der Waals surface area contributed by atoms with Crippen LogP contribution in [0.1, 0.15) is 50.1 Å². The molecule has 18 heavy (non-hydrogen) atoms. The zero-order chi connectivity index (χ0) is 12.9. The van der Waals surface area contributed by atoms with Gasteiger partial charge in [0.15, 0.2) is 0 Å². The van der Waals surface area contributed by atoms with E-state index in [0.29, 0.717) is 11.5 Å². The van der Waals surface area contributed by atoms with E-state index in [2.05, 4.69) is 42.5 Å². The van der Waals surface area contributed by atoms with Gasteiger partial charge in [-0.15, -0.1) is 0 Å². The average molecular weight is 247 g/mol. The van der Waals surface area contributed by atoms with Crippen molar-refractivity contribution >= 4 is 0 Å². The molecule has 3 nitrogen and oxygen atoms in total. The summed E-state index contributed by atoms with van der Waals surface area (Å²) in [4.78, 5) is 2.62. The Labute approximate surface area is 110 Å². The molecule has 0 radical (unpaired) electrons. The van der Waals surface area contributed by atoms with Crippen LogP contribution >= 0.6 is 0 Å². The molecule has 0 saturated carbocycles. The summed E-state index contributed by atoms with van der Waals surface area (Å²) in [6.07, 6.45) is 5.23. The second kappa shape index (κ2) is 4.09. The van der Waals surface area contributed by atoms with E-state index in [-0.39, 0.29) is 0 Å². The first-order valence-electron chi connectivity index (χ1n) is 7.30. The standard InChI is InChI=1S/C15H25N3/c1-11(2)18-9-7-15(8-10-18)6-5-13-14(15)12(3)16-17(13)4/h11H,5-10H2,1-4H3. The minimum absolute atomic E-state index is 0.457. The monoisotopic (exact) mass is 247 g/mol. The molecule has 2 aliphatic rings. The van der Waals surface area contributed by atoms with Gasteiger partial charge in [-0.3, -0.25) is 4.68 Å². The zero-order valence-corrected chi connectivity index (χ0v) is 12.2. The Balaban J connectivity index is 1.88. The molecule has 0 amide bonds. The van der Waals surface area contributed by atoms with Crippen LogP contribution in [0.25, 0.3) is 0 Å². The predicted molar refractivity (Wildman–Crippen MR) is 73.9 cm³/mol. The van der Waals surface area contributed by atoms with Gasteiger partial charge in [0.05, 0.1) is 5.69 Å². The van der Waals surface area contributed by atoms with Gasteiger partial charge in [-0.1, -0.05) is 0 Å². The lowest BCUT2D eigenvalue weighted by molar-refractivity contribution is 0.128. The fourth-order valence-corrected chi connectivity index (χ4v) is 4.13. The molecular formula is C15H25N3. The van der Waals surface area contributed by atoms with Crippen molar-refractivity contribution in [2.45, 2.75) is 57.9 Å². The van der Waals surface area contributed by atoms with Crippen LogP contribution < -0.4 is 0 Å². The first kappa shape index (κ1) is 12.2. The van der Waals surface area contributed by atoms with Crippen LogP contribution in [0.2, 0.25) is 0 Å². The highest BCUT2D eigenvalue weighted by Crippen LogP contribution is 2.47. The minimum atomic E-state index is 0.457. The number of hydrogen-bond acceptors (Lipinski definition) is 2. The van der Waals surface area contributed by atoms with Gasteiger partial charge < -0.3 is 4.90 Å². The van der Waals surface area contributed by atoms with Crippen LogP contribution in [0.5, 0.6) is 0 Å². The Bertz CT molecular complexity index is 451. The molecule has 3 heteroatoms. The number of hydrogen-bond donors (Lipinski definition) is 0. The summed E-state index contributed by atoms with van der Waals surface area (Å²) in [5.74, 6) is 0. The van der Waals surface area contributed by atoms with E-state index in [1.165, 1.54) is 50.2 Å². The van der Waals surface area contributed by atoms with E-state index < -0.39 is 0 Å². The molecule has 1 saturated heterocycles. The molecular weight excluding hydrogens is 222 g/mol. The van der Waals surface area contributed by atoms with Crippen LogP contribution in [0.15, 0.2) is 0 Å². The summed E-state index contributed by atoms with van der Waals surface area (Å²) >= 11 is 0. The average Bonchev–Trinajstić information content (AvgIpc) is 2.82. The third kappa shape index (κ3) is 1.63. The molecule has 0 unspecified atom stereocenters. The van der Waals surface area contributed by atoms with Crippen molar-refractivity contribution in [3.63, 3.8) is 0 Å². The molecule has 1 fully saturated rings. The van der Waals surface area contributed by atoms with E-state index >= 15 is 0 Å². The van der Waals surface area contributed by atoms with Gasteiger partial charge in [0.2, 0.25) is 0 Å². The number of aryl methyl sites for hydroxylation is 2. The number of rotatable bonds is 1. The van der Waals surface area contributed by atoms with Gasteiger partial charge in [0, 0.05) is 29.8 Å². The van der Waals surface area contributed by atoms with Crippen LogP contribution in [0.3, 0.4) is 0 Å². The van der Waals surface area contributed by atoms with E-state index in [9.17, 15) is 0 Å². The maximum atomic E-state index is 4.64. The molecule has 0 N–H and O–H groups in total. The van der Waals surface area contributed by atoms with Crippen molar-refractivity contribution in [3.05, 3.63) is 17.0 Å². The third-order valence-corrected chi connectivity index (χ3v) is 5.20. The summed E-state index contributed by atoms with van der Waals surface area (Å²) in [6, 6.07) is 0.693. The zero-order valence-electron chi connectivity index (χ0n) is 12.2. The summed E-state index contributed by atoms with van der Waals surface area (Å²) in [7, 11) is 2.11. The molecule has 0 bridgehead atoms. The number of aromatic nitrogens is 2. The van der Waals surface area contributed by atoms with Crippen LogP contribution in [-0.4, -0.2) is 33.8 Å². The molecule has 1 aromatic rings. The molecule has 1 aliphatic heterocycles. The number of likely N-dealkylation sites (tertiary alicyclic amines) is 1. The van der Waals surface area contributed by atoms with Gasteiger partial charge in [-0.25, -0.2) is 0 Å². The fourth-order valence-electron chi connectivity index (χ4n) is 4.13. The van der Waals surface area contributed by atoms with E-state index in [0.717, 1.165) is 0 Å². The van der Waals surface area contributed by atoms with E-state index in [1.54, 1.807) is 5.56 Å². The first-order chi connectivity index (χ1) is 8.53. The van der Waals surface area contributed by atoms with Crippen LogP contribution in [0.4, 0.5) is 0 Å². The SMILES string of the molecule is Cc1nn(C)c2c1C1(CC2)CCN(C(C)C)CC1. The minimum Gasteiger partial charge on any atom is -0.301 e. The highest BCUT2D eigenvalue weighted by atomic mass is 15.3. The Morgan fingerprint density at radius 1 is 1.17 bits per heavy atom. The summed E-state index contributed by atoms with van der Waals surface area (Å²) in [5.41, 5.74) is 4.85. The lowest BCUT2D eigenvalue weighted by Crippen LogP contribution is -2.44. The van der Waals surface area contributed by atoms with Crippen molar-refractivity contribution in [2.24, 2.45) is 7.05 Å². The molecule has 1 aliphatic carbocycles. The number of nitrogens with zero attached hydrogens (tertiary/aromatic N) is 3. The highest BCUT2D eigenvalue weighted by molar-refractivity contribution is 5.39. The first-order valence-corrected chi connectivity index (χ1v) is 7.30. The molecule has 2 heterocycles. The lowest BCUT2D eigenvalue weighted by atomic mass is 9.73. The number of piperidine rings is 1. The normalized spacial score (nSPS) is 22.9. The van der Waals surface area contributed by atoms with Crippen molar-refractivity contribution in [2.75, 3.05) is 13.1 Å². The van der Waals surface area contributed by atoms with Gasteiger partial charge in [-0.05, 0) is 59.5 Å². The second-order valence-corrected chi connectivity index (χ2v) is 6.44. The second-order valence-electron chi connectivity index (χ2n) is 6.44. The summed E-state index contributed by atoms with van der Waals surface area (Å²) in [5, 5.41) is 4.64. The molecule has 0 aromatic carbocycles. The largest absolute Gasteiger partial charge is 0.301 e. The fraction of sp³-hybridized carbons (Fsp3) is 0.800. The van der Waals surface area contributed by atoms with Gasteiger partial charge in [0.25, 0.3) is 0 Å². The van der Waals surface area contributed by atoms with Crippen molar-refractivity contribution < 1.29 is 0 Å². The predicted octanol–water partition coefficient (Wildman–Crippen LogP) is 2.42. The van der Waals surface area contributed by atoms with Gasteiger partial charge in [0.1, 0.15) is 0 Å². The van der Waals surface area contributed by atoms with Crippen LogP contribution in [0, 0.1) is 6.92 Å². The van der Waals surface area contributed by atoms with E-state index in [4.69, 9.17) is 0 Å². The molecule has 0 atom stereocenters. The maximum Gasteiger partial charge on any atom is 0.0634 e. The Kier molecular flexibility index (Phi) is 2.77. The molecule has 3 rings (SSSR count). The van der Waals surface area contributed by atoms with Crippen molar-refractivity contribution in [1.29, 1.82) is 0 Å². The molecule has 100 valence electrons. The topological polar surface area (TPSA) is 21.1 Å². The lowest BCUT2D eigenvalue weighted by Gasteiger charge is -2.41. The van der Waals surface area contributed by atoms with E-state index in [1.807, 2.05) is 0 Å². The maximum absolute atomic E-state index is 4.64. The third-order valence-electron chi connectivity index (χ3n) is 5.20. The van der Waals surface area contributed by atoms with Gasteiger partial charge >= 0.3 is 0 Å². The summed E-state index contributed by atoms with van der Waals surface area (Å²) in [6.45, 7) is 9.33. The molecule has 1 spiro atoms. The quantitative estimate of drug-likeness (QED) is 0.760. The Morgan fingerprint density at radius 2 is 1.83 bits per heavy atom. The van der Waals surface area contributed by atoms with Crippen LogP contribution in [-0.2, 0) is 18.9 Å². The number of fused-ring (bicyclic) bond motifs is 2. The Hall–Kier alpha value is -0.830. The summed E-state index contributed by atoms with van der Waals surface area (Å²) < 4.78 is 2.12. The molecule has 1 aromatic heterocycles. The van der Waals surface area contributed by atoms with Crippen molar-refractivity contribution in [1.82, 2.24) is 14.7 Å².